The fourth-order valence-electron chi connectivity index (χ4n) is 2.79. The molecule has 0 unspecified atom stereocenters. The van der Waals surface area contributed by atoms with Crippen molar-refractivity contribution < 1.29 is 0 Å². The Morgan fingerprint density at radius 2 is 1.90 bits per heavy atom. The van der Waals surface area contributed by atoms with Gasteiger partial charge in [0.25, 0.3) is 0 Å². The summed E-state index contributed by atoms with van der Waals surface area (Å²) < 4.78 is 1.90. The van der Waals surface area contributed by atoms with Crippen molar-refractivity contribution >= 4 is 0 Å². The molecule has 1 saturated heterocycles. The summed E-state index contributed by atoms with van der Waals surface area (Å²) >= 11 is 0. The van der Waals surface area contributed by atoms with Crippen LogP contribution in [0.25, 0.3) is 0 Å². The zero-order valence-electron chi connectivity index (χ0n) is 11.5. The second kappa shape index (κ2) is 6.11. The first-order valence-electron chi connectivity index (χ1n) is 7.10. The number of hydrogen-bond donors (Lipinski definition) is 1. The lowest BCUT2D eigenvalue weighted by atomic mass is 10.0. The van der Waals surface area contributed by atoms with Gasteiger partial charge in [-0.25, -0.2) is 4.68 Å². The number of nitrogens with zero attached hydrogens (tertiary/aromatic N) is 5. The number of tetrazole rings is 1. The standard InChI is InChI=1S/C14H20N6/c15-10-14-16-17-18-20(14)13-6-8-19(9-7-13)11-12-4-2-1-3-5-12/h1-5,13H,6-11,15H2. The largest absolute Gasteiger partial charge is 0.324 e. The van der Waals surface area contributed by atoms with Gasteiger partial charge in [0.05, 0.1) is 12.6 Å². The Labute approximate surface area is 118 Å². The number of hydrogen-bond acceptors (Lipinski definition) is 5. The zero-order valence-corrected chi connectivity index (χ0v) is 11.5. The summed E-state index contributed by atoms with van der Waals surface area (Å²) in [5.74, 6) is 0.784. The highest BCUT2D eigenvalue weighted by Gasteiger charge is 2.23. The highest BCUT2D eigenvalue weighted by Crippen LogP contribution is 2.23. The van der Waals surface area contributed by atoms with Crippen LogP contribution in [0.5, 0.6) is 0 Å². The first-order valence-corrected chi connectivity index (χ1v) is 7.10. The molecule has 0 bridgehead atoms. The van der Waals surface area contributed by atoms with Gasteiger partial charge in [-0.3, -0.25) is 4.90 Å². The monoisotopic (exact) mass is 272 g/mol. The number of likely N-dealkylation sites (tertiary alicyclic amines) is 1. The third kappa shape index (κ3) is 2.86. The lowest BCUT2D eigenvalue weighted by Gasteiger charge is -2.32. The van der Waals surface area contributed by atoms with Gasteiger partial charge in [0, 0.05) is 19.6 Å². The molecule has 2 aromatic rings. The van der Waals surface area contributed by atoms with Crippen LogP contribution < -0.4 is 5.73 Å². The van der Waals surface area contributed by atoms with E-state index in [1.165, 1.54) is 5.56 Å². The Balaban J connectivity index is 1.57. The fraction of sp³-hybridized carbons (Fsp3) is 0.500. The zero-order chi connectivity index (χ0) is 13.8. The Morgan fingerprint density at radius 1 is 1.15 bits per heavy atom. The molecule has 0 saturated carbocycles. The third-order valence-electron chi connectivity index (χ3n) is 3.90. The first-order chi connectivity index (χ1) is 9.86. The molecule has 106 valence electrons. The van der Waals surface area contributed by atoms with Crippen molar-refractivity contribution in [1.82, 2.24) is 25.1 Å². The summed E-state index contributed by atoms with van der Waals surface area (Å²) in [4.78, 5) is 2.48. The van der Waals surface area contributed by atoms with Gasteiger partial charge in [0.2, 0.25) is 0 Å². The summed E-state index contributed by atoms with van der Waals surface area (Å²) in [6.07, 6.45) is 2.15. The Morgan fingerprint density at radius 3 is 2.60 bits per heavy atom. The van der Waals surface area contributed by atoms with Crippen LogP contribution in [-0.4, -0.2) is 38.2 Å². The summed E-state index contributed by atoms with van der Waals surface area (Å²) in [6.45, 7) is 3.57. The molecule has 2 heterocycles. The number of benzene rings is 1. The van der Waals surface area contributed by atoms with E-state index in [0.29, 0.717) is 12.6 Å². The molecule has 20 heavy (non-hydrogen) atoms. The van der Waals surface area contributed by atoms with Crippen LogP contribution in [0.4, 0.5) is 0 Å². The average molecular weight is 272 g/mol. The molecule has 0 aliphatic carbocycles. The van der Waals surface area contributed by atoms with Crippen LogP contribution in [0.2, 0.25) is 0 Å². The van der Waals surface area contributed by atoms with Crippen molar-refractivity contribution in [1.29, 1.82) is 0 Å². The first kappa shape index (κ1) is 13.2. The van der Waals surface area contributed by atoms with Crippen molar-refractivity contribution in [2.75, 3.05) is 13.1 Å². The lowest BCUT2D eigenvalue weighted by Crippen LogP contribution is -2.35. The average Bonchev–Trinajstić information content (AvgIpc) is 2.98. The van der Waals surface area contributed by atoms with E-state index in [1.54, 1.807) is 0 Å². The quantitative estimate of drug-likeness (QED) is 0.897. The molecule has 0 spiro atoms. The fourth-order valence-corrected chi connectivity index (χ4v) is 2.79. The maximum Gasteiger partial charge on any atom is 0.165 e. The van der Waals surface area contributed by atoms with Gasteiger partial charge in [-0.1, -0.05) is 30.3 Å². The van der Waals surface area contributed by atoms with E-state index in [2.05, 4.69) is 50.8 Å². The predicted octanol–water partition coefficient (Wildman–Crippen LogP) is 0.969. The Kier molecular flexibility index (Phi) is 4.03. The molecule has 0 amide bonds. The van der Waals surface area contributed by atoms with Crippen LogP contribution >= 0.6 is 0 Å². The molecule has 1 aliphatic rings. The molecular weight excluding hydrogens is 252 g/mol. The number of rotatable bonds is 4. The predicted molar refractivity (Wildman–Crippen MR) is 75.7 cm³/mol. The van der Waals surface area contributed by atoms with Crippen molar-refractivity contribution in [3.05, 3.63) is 41.7 Å². The van der Waals surface area contributed by atoms with E-state index >= 15 is 0 Å². The molecule has 0 atom stereocenters. The third-order valence-corrected chi connectivity index (χ3v) is 3.90. The maximum absolute atomic E-state index is 5.66. The SMILES string of the molecule is NCc1nnnn1C1CCN(Cc2ccccc2)CC1. The number of piperidine rings is 1. The van der Waals surface area contributed by atoms with Gasteiger partial charge >= 0.3 is 0 Å². The molecule has 6 nitrogen and oxygen atoms in total. The molecule has 6 heteroatoms. The molecule has 1 fully saturated rings. The Hall–Kier alpha value is -1.79. The van der Waals surface area contributed by atoms with E-state index in [4.69, 9.17) is 5.73 Å². The normalized spacial score (nSPS) is 17.4. The second-order valence-corrected chi connectivity index (χ2v) is 5.24. The smallest absolute Gasteiger partial charge is 0.165 e. The molecule has 3 rings (SSSR count). The number of aromatic nitrogens is 4. The van der Waals surface area contributed by atoms with E-state index < -0.39 is 0 Å². The van der Waals surface area contributed by atoms with Crippen molar-refractivity contribution in [3.63, 3.8) is 0 Å². The Bertz CT molecular complexity index is 530. The molecule has 2 N–H and O–H groups in total. The molecule has 1 aromatic carbocycles. The summed E-state index contributed by atoms with van der Waals surface area (Å²) in [6, 6.07) is 11.0. The number of nitrogens with two attached hydrogens (primary N) is 1. The molecule has 0 radical (unpaired) electrons. The molecule has 1 aromatic heterocycles. The van der Waals surface area contributed by atoms with Crippen LogP contribution in [0, 0.1) is 0 Å². The van der Waals surface area contributed by atoms with Crippen LogP contribution in [0.15, 0.2) is 30.3 Å². The van der Waals surface area contributed by atoms with Gasteiger partial charge < -0.3 is 5.73 Å². The minimum absolute atomic E-state index is 0.385. The minimum Gasteiger partial charge on any atom is -0.324 e. The van der Waals surface area contributed by atoms with Crippen molar-refractivity contribution in [3.8, 4) is 0 Å². The van der Waals surface area contributed by atoms with Crippen molar-refractivity contribution in [2.45, 2.75) is 32.0 Å². The van der Waals surface area contributed by atoms with Gasteiger partial charge in [-0.15, -0.1) is 5.10 Å². The van der Waals surface area contributed by atoms with Crippen LogP contribution in [0.1, 0.15) is 30.3 Å². The highest BCUT2D eigenvalue weighted by atomic mass is 15.6. The molecular formula is C14H20N6. The molecule has 1 aliphatic heterocycles. The van der Waals surface area contributed by atoms with Gasteiger partial charge in [0.1, 0.15) is 0 Å². The van der Waals surface area contributed by atoms with Crippen LogP contribution in [-0.2, 0) is 13.1 Å². The highest BCUT2D eigenvalue weighted by molar-refractivity contribution is 5.14. The van der Waals surface area contributed by atoms with Crippen molar-refractivity contribution in [2.24, 2.45) is 5.73 Å². The van der Waals surface area contributed by atoms with Gasteiger partial charge in [-0.2, -0.15) is 0 Å². The topological polar surface area (TPSA) is 72.9 Å². The van der Waals surface area contributed by atoms with E-state index in [-0.39, 0.29) is 0 Å². The van der Waals surface area contributed by atoms with E-state index in [0.717, 1.165) is 38.3 Å². The van der Waals surface area contributed by atoms with E-state index in [9.17, 15) is 0 Å². The second-order valence-electron chi connectivity index (χ2n) is 5.24. The maximum atomic E-state index is 5.66. The summed E-state index contributed by atoms with van der Waals surface area (Å²) in [5.41, 5.74) is 7.03. The van der Waals surface area contributed by atoms with E-state index in [1.807, 2.05) is 4.68 Å². The van der Waals surface area contributed by atoms with Gasteiger partial charge in [0.15, 0.2) is 5.82 Å². The van der Waals surface area contributed by atoms with Gasteiger partial charge in [-0.05, 0) is 28.8 Å². The lowest BCUT2D eigenvalue weighted by molar-refractivity contribution is 0.170. The summed E-state index contributed by atoms with van der Waals surface area (Å²) in [5, 5.41) is 11.8. The minimum atomic E-state index is 0.385. The summed E-state index contributed by atoms with van der Waals surface area (Å²) in [7, 11) is 0. The van der Waals surface area contributed by atoms with Crippen LogP contribution in [0.3, 0.4) is 0 Å².